The van der Waals surface area contributed by atoms with Crippen molar-refractivity contribution in [1.29, 1.82) is 0 Å². The van der Waals surface area contributed by atoms with Crippen molar-refractivity contribution in [2.45, 2.75) is 59.5 Å². The summed E-state index contributed by atoms with van der Waals surface area (Å²) in [4.78, 5) is 14.0. The molecule has 112 valence electrons. The van der Waals surface area contributed by atoms with Crippen LogP contribution in [0.5, 0.6) is 5.75 Å². The Labute approximate surface area is 122 Å². The van der Waals surface area contributed by atoms with Crippen LogP contribution in [0.25, 0.3) is 0 Å². The monoisotopic (exact) mass is 277 g/mol. The first-order valence-electron chi connectivity index (χ1n) is 7.48. The summed E-state index contributed by atoms with van der Waals surface area (Å²) in [6.45, 7) is 10.4. The van der Waals surface area contributed by atoms with Crippen LogP contribution >= 0.6 is 0 Å². The fraction of sp³-hybridized carbons (Fsp3) is 0.588. The van der Waals surface area contributed by atoms with Crippen molar-refractivity contribution in [2.24, 2.45) is 0 Å². The number of ether oxygens (including phenoxy) is 1. The lowest BCUT2D eigenvalue weighted by molar-refractivity contribution is -0.136. The maximum Gasteiger partial charge on any atom is 0.260 e. The van der Waals surface area contributed by atoms with E-state index in [2.05, 4.69) is 19.1 Å². The van der Waals surface area contributed by atoms with Crippen molar-refractivity contribution >= 4 is 5.91 Å². The minimum Gasteiger partial charge on any atom is -0.484 e. The second-order valence-corrected chi connectivity index (χ2v) is 5.67. The Kier molecular flexibility index (Phi) is 6.56. The first kappa shape index (κ1) is 16.5. The number of benzene rings is 1. The number of rotatable bonds is 7. The van der Waals surface area contributed by atoms with Crippen LogP contribution in [0.4, 0.5) is 0 Å². The summed E-state index contributed by atoms with van der Waals surface area (Å²) >= 11 is 0. The van der Waals surface area contributed by atoms with Gasteiger partial charge in [0.25, 0.3) is 5.91 Å². The molecule has 0 fully saturated rings. The predicted octanol–water partition coefficient (Wildman–Crippen LogP) is 3.66. The number of carbonyl (C=O) groups excluding carboxylic acids is 1. The van der Waals surface area contributed by atoms with Gasteiger partial charge in [-0.3, -0.25) is 4.79 Å². The van der Waals surface area contributed by atoms with Gasteiger partial charge in [-0.05, 0) is 51.8 Å². The maximum atomic E-state index is 12.2. The fourth-order valence-corrected chi connectivity index (χ4v) is 2.43. The van der Waals surface area contributed by atoms with Crippen LogP contribution in [-0.4, -0.2) is 29.5 Å². The second kappa shape index (κ2) is 7.93. The topological polar surface area (TPSA) is 29.5 Å². The summed E-state index contributed by atoms with van der Waals surface area (Å²) in [5, 5.41) is 0. The lowest BCUT2D eigenvalue weighted by Gasteiger charge is -2.30. The highest BCUT2D eigenvalue weighted by molar-refractivity contribution is 5.78. The van der Waals surface area contributed by atoms with E-state index in [0.717, 1.165) is 18.6 Å². The number of amides is 1. The van der Waals surface area contributed by atoms with Gasteiger partial charge in [-0.2, -0.15) is 0 Å². The number of carbonyl (C=O) groups is 1. The highest BCUT2D eigenvalue weighted by Crippen LogP contribution is 2.14. The highest BCUT2D eigenvalue weighted by atomic mass is 16.5. The van der Waals surface area contributed by atoms with Gasteiger partial charge >= 0.3 is 0 Å². The molecule has 1 rings (SSSR count). The molecule has 0 unspecified atom stereocenters. The molecule has 0 spiro atoms. The predicted molar refractivity (Wildman–Crippen MR) is 83.1 cm³/mol. The van der Waals surface area contributed by atoms with Crippen LogP contribution in [0, 0.1) is 0 Å². The first-order valence-corrected chi connectivity index (χ1v) is 7.48. The summed E-state index contributed by atoms with van der Waals surface area (Å²) in [6.07, 6.45) is 2.21. The second-order valence-electron chi connectivity index (χ2n) is 5.67. The van der Waals surface area contributed by atoms with E-state index >= 15 is 0 Å². The van der Waals surface area contributed by atoms with E-state index in [0.29, 0.717) is 0 Å². The third-order valence-electron chi connectivity index (χ3n) is 3.23. The van der Waals surface area contributed by atoms with Gasteiger partial charge in [0.1, 0.15) is 5.75 Å². The largest absolute Gasteiger partial charge is 0.484 e. The zero-order chi connectivity index (χ0) is 15.1. The normalized spacial score (nSPS) is 10.9. The van der Waals surface area contributed by atoms with Gasteiger partial charge in [-0.15, -0.1) is 0 Å². The minimum absolute atomic E-state index is 0.0348. The Morgan fingerprint density at radius 3 is 2.10 bits per heavy atom. The van der Waals surface area contributed by atoms with Gasteiger partial charge in [-0.1, -0.05) is 25.5 Å². The van der Waals surface area contributed by atoms with Gasteiger partial charge in [0, 0.05) is 12.1 Å². The van der Waals surface area contributed by atoms with E-state index in [1.54, 1.807) is 0 Å². The fourth-order valence-electron chi connectivity index (χ4n) is 2.43. The lowest BCUT2D eigenvalue weighted by atomic mass is 10.1. The van der Waals surface area contributed by atoms with E-state index in [4.69, 9.17) is 4.74 Å². The number of hydrogen-bond donors (Lipinski definition) is 0. The van der Waals surface area contributed by atoms with Crippen LogP contribution in [-0.2, 0) is 11.2 Å². The van der Waals surface area contributed by atoms with Gasteiger partial charge < -0.3 is 9.64 Å². The standard InChI is InChI=1S/C17H27NO2/c1-6-7-15-8-10-16(11-9-15)20-12-17(19)18(13(2)3)14(4)5/h8-11,13-14H,6-7,12H2,1-5H3. The molecule has 0 heterocycles. The van der Waals surface area contributed by atoms with Crippen molar-refractivity contribution < 1.29 is 9.53 Å². The Balaban J connectivity index is 2.55. The third-order valence-corrected chi connectivity index (χ3v) is 3.23. The summed E-state index contributed by atoms with van der Waals surface area (Å²) < 4.78 is 5.59. The van der Waals surface area contributed by atoms with Crippen molar-refractivity contribution in [3.8, 4) is 5.75 Å². The number of aryl methyl sites for hydroxylation is 1. The van der Waals surface area contributed by atoms with Gasteiger partial charge in [-0.25, -0.2) is 0 Å². The molecule has 0 bridgehead atoms. The molecule has 0 N–H and O–H groups in total. The van der Waals surface area contributed by atoms with Crippen LogP contribution in [0.1, 0.15) is 46.6 Å². The van der Waals surface area contributed by atoms with Crippen LogP contribution < -0.4 is 4.74 Å². The zero-order valence-corrected chi connectivity index (χ0v) is 13.3. The molecule has 1 aromatic carbocycles. The highest BCUT2D eigenvalue weighted by Gasteiger charge is 2.20. The summed E-state index contributed by atoms with van der Waals surface area (Å²) in [5.74, 6) is 0.790. The molecular weight excluding hydrogens is 250 g/mol. The Bertz CT molecular complexity index is 402. The van der Waals surface area contributed by atoms with E-state index in [1.807, 2.05) is 44.7 Å². The average molecular weight is 277 g/mol. The third kappa shape index (κ3) is 4.87. The van der Waals surface area contributed by atoms with Crippen molar-refractivity contribution in [3.63, 3.8) is 0 Å². The molecule has 0 radical (unpaired) electrons. The van der Waals surface area contributed by atoms with Crippen molar-refractivity contribution in [2.75, 3.05) is 6.61 Å². The Morgan fingerprint density at radius 2 is 1.65 bits per heavy atom. The lowest BCUT2D eigenvalue weighted by Crippen LogP contribution is -2.44. The van der Waals surface area contributed by atoms with Crippen LogP contribution in [0.3, 0.4) is 0 Å². The van der Waals surface area contributed by atoms with E-state index in [1.165, 1.54) is 5.56 Å². The Morgan fingerprint density at radius 1 is 1.10 bits per heavy atom. The summed E-state index contributed by atoms with van der Waals surface area (Å²) in [7, 11) is 0. The SMILES string of the molecule is CCCc1ccc(OCC(=O)N(C(C)C)C(C)C)cc1. The molecule has 0 saturated heterocycles. The molecule has 0 aliphatic heterocycles. The molecule has 0 aromatic heterocycles. The van der Waals surface area contributed by atoms with E-state index < -0.39 is 0 Å². The van der Waals surface area contributed by atoms with E-state index in [9.17, 15) is 4.79 Å². The molecule has 1 amide bonds. The average Bonchev–Trinajstić information content (AvgIpc) is 2.37. The van der Waals surface area contributed by atoms with Gasteiger partial charge in [0.2, 0.25) is 0 Å². The molecule has 20 heavy (non-hydrogen) atoms. The first-order chi connectivity index (χ1) is 9.45. The Hall–Kier alpha value is -1.51. The molecule has 0 aliphatic carbocycles. The molecular formula is C17H27NO2. The molecule has 0 atom stereocenters. The molecule has 3 nitrogen and oxygen atoms in total. The molecule has 0 saturated carbocycles. The van der Waals surface area contributed by atoms with Gasteiger partial charge in [0.05, 0.1) is 0 Å². The minimum atomic E-state index is 0.0348. The molecule has 0 aliphatic rings. The van der Waals surface area contributed by atoms with Gasteiger partial charge in [0.15, 0.2) is 6.61 Å². The van der Waals surface area contributed by atoms with Crippen LogP contribution in [0.2, 0.25) is 0 Å². The molecule has 1 aromatic rings. The quantitative estimate of drug-likeness (QED) is 0.761. The number of hydrogen-bond acceptors (Lipinski definition) is 2. The zero-order valence-electron chi connectivity index (χ0n) is 13.3. The van der Waals surface area contributed by atoms with Crippen molar-refractivity contribution in [1.82, 2.24) is 4.90 Å². The summed E-state index contributed by atoms with van der Waals surface area (Å²) in [5.41, 5.74) is 1.30. The molecule has 3 heteroatoms. The van der Waals surface area contributed by atoms with E-state index in [-0.39, 0.29) is 24.6 Å². The number of nitrogens with zero attached hydrogens (tertiary/aromatic N) is 1. The van der Waals surface area contributed by atoms with Crippen LogP contribution in [0.15, 0.2) is 24.3 Å². The summed E-state index contributed by atoms with van der Waals surface area (Å²) in [6, 6.07) is 8.38. The maximum absolute atomic E-state index is 12.2. The smallest absolute Gasteiger partial charge is 0.260 e. The van der Waals surface area contributed by atoms with Crippen molar-refractivity contribution in [3.05, 3.63) is 29.8 Å².